The van der Waals surface area contributed by atoms with Crippen molar-refractivity contribution in [3.8, 4) is 0 Å². The Morgan fingerprint density at radius 3 is 2.94 bits per heavy atom. The van der Waals surface area contributed by atoms with Gasteiger partial charge in [-0.25, -0.2) is 0 Å². The highest BCUT2D eigenvalue weighted by atomic mass is 16.5. The van der Waals surface area contributed by atoms with Crippen LogP contribution in [0.25, 0.3) is 0 Å². The third kappa shape index (κ3) is 6.14. The Morgan fingerprint density at radius 2 is 2.28 bits per heavy atom. The van der Waals surface area contributed by atoms with Crippen molar-refractivity contribution in [1.29, 1.82) is 0 Å². The number of rotatable bonds is 8. The van der Waals surface area contributed by atoms with Gasteiger partial charge in [-0.3, -0.25) is 0 Å². The van der Waals surface area contributed by atoms with Crippen molar-refractivity contribution in [2.75, 3.05) is 26.9 Å². The van der Waals surface area contributed by atoms with Crippen LogP contribution in [0, 0.1) is 0 Å². The van der Waals surface area contributed by atoms with E-state index in [0.29, 0.717) is 31.7 Å². The molecule has 1 rings (SSSR count). The SMILES string of the molecule is CCCC1CC(NCC(C)(O)CCOC)CCO1. The summed E-state index contributed by atoms with van der Waals surface area (Å²) in [5.74, 6) is 0. The summed E-state index contributed by atoms with van der Waals surface area (Å²) in [7, 11) is 1.66. The maximum Gasteiger partial charge on any atom is 0.0765 e. The van der Waals surface area contributed by atoms with E-state index in [1.807, 2.05) is 6.92 Å². The summed E-state index contributed by atoms with van der Waals surface area (Å²) in [5, 5.41) is 13.6. The molecule has 0 aliphatic carbocycles. The largest absolute Gasteiger partial charge is 0.389 e. The lowest BCUT2D eigenvalue weighted by Crippen LogP contribution is -2.46. The molecule has 4 nitrogen and oxygen atoms in total. The van der Waals surface area contributed by atoms with E-state index in [1.165, 1.54) is 6.42 Å². The predicted molar refractivity (Wildman–Crippen MR) is 72.8 cm³/mol. The summed E-state index contributed by atoms with van der Waals surface area (Å²) in [6, 6.07) is 0.476. The molecule has 3 unspecified atom stereocenters. The highest BCUT2D eigenvalue weighted by molar-refractivity contribution is 4.82. The van der Waals surface area contributed by atoms with Crippen LogP contribution < -0.4 is 5.32 Å². The lowest BCUT2D eigenvalue weighted by Gasteiger charge is -2.33. The Labute approximate surface area is 111 Å². The summed E-state index contributed by atoms with van der Waals surface area (Å²) < 4.78 is 10.7. The summed E-state index contributed by atoms with van der Waals surface area (Å²) in [4.78, 5) is 0. The maximum atomic E-state index is 10.2. The molecule has 0 amide bonds. The molecule has 108 valence electrons. The fourth-order valence-electron chi connectivity index (χ4n) is 2.36. The van der Waals surface area contributed by atoms with Crippen LogP contribution in [0.1, 0.15) is 46.0 Å². The number of ether oxygens (including phenoxy) is 2. The normalized spacial score (nSPS) is 28.0. The van der Waals surface area contributed by atoms with E-state index in [9.17, 15) is 5.11 Å². The zero-order valence-corrected chi connectivity index (χ0v) is 12.1. The minimum Gasteiger partial charge on any atom is -0.389 e. The van der Waals surface area contributed by atoms with Crippen LogP contribution in [0.15, 0.2) is 0 Å². The van der Waals surface area contributed by atoms with Crippen molar-refractivity contribution in [2.45, 2.75) is 63.7 Å². The fraction of sp³-hybridized carbons (Fsp3) is 1.00. The van der Waals surface area contributed by atoms with Crippen LogP contribution in [0.3, 0.4) is 0 Å². The van der Waals surface area contributed by atoms with Crippen LogP contribution in [-0.4, -0.2) is 49.7 Å². The minimum atomic E-state index is -0.686. The van der Waals surface area contributed by atoms with Crippen molar-refractivity contribution in [3.63, 3.8) is 0 Å². The van der Waals surface area contributed by atoms with Crippen LogP contribution in [0.2, 0.25) is 0 Å². The molecule has 1 heterocycles. The molecule has 0 aromatic rings. The first-order valence-corrected chi connectivity index (χ1v) is 7.13. The van der Waals surface area contributed by atoms with E-state index in [1.54, 1.807) is 7.11 Å². The standard InChI is InChI=1S/C14H29NO3/c1-4-5-13-10-12(6-8-18-13)15-11-14(2,16)7-9-17-3/h12-13,15-16H,4-11H2,1-3H3. The molecule has 1 aliphatic rings. The molecular weight excluding hydrogens is 230 g/mol. The average Bonchev–Trinajstić information content (AvgIpc) is 2.35. The highest BCUT2D eigenvalue weighted by Gasteiger charge is 2.25. The molecule has 1 saturated heterocycles. The second-order valence-corrected chi connectivity index (χ2v) is 5.62. The van der Waals surface area contributed by atoms with Crippen LogP contribution in [0.5, 0.6) is 0 Å². The van der Waals surface area contributed by atoms with Gasteiger partial charge in [-0.2, -0.15) is 0 Å². The van der Waals surface area contributed by atoms with Crippen molar-refractivity contribution >= 4 is 0 Å². The molecule has 3 atom stereocenters. The lowest BCUT2D eigenvalue weighted by atomic mass is 9.98. The van der Waals surface area contributed by atoms with Gasteiger partial charge in [0.1, 0.15) is 0 Å². The number of aliphatic hydroxyl groups is 1. The van der Waals surface area contributed by atoms with E-state index in [4.69, 9.17) is 9.47 Å². The van der Waals surface area contributed by atoms with Crippen LogP contribution >= 0.6 is 0 Å². The summed E-state index contributed by atoms with van der Waals surface area (Å²) in [6.07, 6.45) is 5.47. The van der Waals surface area contributed by atoms with Gasteiger partial charge in [0, 0.05) is 39.3 Å². The Balaban J connectivity index is 2.25. The summed E-state index contributed by atoms with van der Waals surface area (Å²) in [6.45, 7) is 6.11. The van der Waals surface area contributed by atoms with Crippen molar-refractivity contribution in [3.05, 3.63) is 0 Å². The van der Waals surface area contributed by atoms with Crippen LogP contribution in [-0.2, 0) is 9.47 Å². The second kappa shape index (κ2) is 8.10. The molecule has 0 aromatic heterocycles. The first-order chi connectivity index (χ1) is 8.57. The van der Waals surface area contributed by atoms with E-state index in [-0.39, 0.29) is 0 Å². The topological polar surface area (TPSA) is 50.7 Å². The smallest absolute Gasteiger partial charge is 0.0765 e. The average molecular weight is 259 g/mol. The maximum absolute atomic E-state index is 10.2. The predicted octanol–water partition coefficient (Wildman–Crippen LogP) is 1.71. The zero-order valence-electron chi connectivity index (χ0n) is 12.1. The van der Waals surface area contributed by atoms with Gasteiger partial charge in [-0.15, -0.1) is 0 Å². The molecule has 0 bridgehead atoms. The lowest BCUT2D eigenvalue weighted by molar-refractivity contribution is -0.0144. The number of hydrogen-bond donors (Lipinski definition) is 2. The van der Waals surface area contributed by atoms with Crippen molar-refractivity contribution in [2.24, 2.45) is 0 Å². The van der Waals surface area contributed by atoms with Gasteiger partial charge >= 0.3 is 0 Å². The molecule has 0 saturated carbocycles. The third-order valence-corrected chi connectivity index (χ3v) is 3.59. The first kappa shape index (κ1) is 15.9. The number of nitrogens with one attached hydrogen (secondary N) is 1. The quantitative estimate of drug-likeness (QED) is 0.697. The van der Waals surface area contributed by atoms with E-state index in [0.717, 1.165) is 25.9 Å². The minimum absolute atomic E-state index is 0.394. The molecule has 1 aliphatic heterocycles. The van der Waals surface area contributed by atoms with Gasteiger partial charge < -0.3 is 19.9 Å². The molecule has 18 heavy (non-hydrogen) atoms. The molecule has 0 radical (unpaired) electrons. The zero-order chi connectivity index (χ0) is 13.4. The van der Waals surface area contributed by atoms with Crippen LogP contribution in [0.4, 0.5) is 0 Å². The molecule has 1 fully saturated rings. The molecule has 2 N–H and O–H groups in total. The summed E-state index contributed by atoms with van der Waals surface area (Å²) in [5.41, 5.74) is -0.686. The monoisotopic (exact) mass is 259 g/mol. The molecule has 0 spiro atoms. The molecule has 0 aromatic carbocycles. The number of hydrogen-bond acceptors (Lipinski definition) is 4. The Hall–Kier alpha value is -0.160. The van der Waals surface area contributed by atoms with E-state index in [2.05, 4.69) is 12.2 Å². The first-order valence-electron chi connectivity index (χ1n) is 7.13. The second-order valence-electron chi connectivity index (χ2n) is 5.62. The molecule has 4 heteroatoms. The van der Waals surface area contributed by atoms with Gasteiger partial charge in [0.15, 0.2) is 0 Å². The highest BCUT2D eigenvalue weighted by Crippen LogP contribution is 2.18. The van der Waals surface area contributed by atoms with Gasteiger partial charge in [0.25, 0.3) is 0 Å². The van der Waals surface area contributed by atoms with Gasteiger partial charge in [0.05, 0.1) is 11.7 Å². The Morgan fingerprint density at radius 1 is 1.50 bits per heavy atom. The fourth-order valence-corrected chi connectivity index (χ4v) is 2.36. The third-order valence-electron chi connectivity index (χ3n) is 3.59. The Bertz CT molecular complexity index is 219. The Kier molecular flexibility index (Phi) is 7.15. The molecular formula is C14H29NO3. The van der Waals surface area contributed by atoms with Crippen molar-refractivity contribution in [1.82, 2.24) is 5.32 Å². The van der Waals surface area contributed by atoms with Gasteiger partial charge in [-0.1, -0.05) is 13.3 Å². The van der Waals surface area contributed by atoms with Gasteiger partial charge in [0.2, 0.25) is 0 Å². The van der Waals surface area contributed by atoms with Crippen molar-refractivity contribution < 1.29 is 14.6 Å². The summed E-state index contributed by atoms with van der Waals surface area (Å²) >= 11 is 0. The van der Waals surface area contributed by atoms with E-state index < -0.39 is 5.60 Å². The van der Waals surface area contributed by atoms with E-state index >= 15 is 0 Å². The van der Waals surface area contributed by atoms with Gasteiger partial charge in [-0.05, 0) is 26.2 Å². The number of methoxy groups -OCH3 is 1.